The van der Waals surface area contributed by atoms with E-state index in [1.54, 1.807) is 47.8 Å². The molecular formula is C23H20FN3O3S. The van der Waals surface area contributed by atoms with E-state index in [0.717, 1.165) is 5.56 Å². The Kier molecular flexibility index (Phi) is 5.65. The average Bonchev–Trinajstić information content (AvgIpc) is 3.25. The van der Waals surface area contributed by atoms with Crippen LogP contribution in [0.3, 0.4) is 0 Å². The highest BCUT2D eigenvalue weighted by Gasteiger charge is 2.42. The van der Waals surface area contributed by atoms with E-state index in [2.05, 4.69) is 15.6 Å². The van der Waals surface area contributed by atoms with Crippen LogP contribution >= 0.6 is 11.3 Å². The first kappa shape index (κ1) is 20.9. The summed E-state index contributed by atoms with van der Waals surface area (Å²) in [5.41, 5.74) is 1.15. The second-order valence-corrected chi connectivity index (χ2v) is 8.22. The largest absolute Gasteiger partial charge is 0.321 e. The van der Waals surface area contributed by atoms with E-state index in [1.807, 2.05) is 6.92 Å². The van der Waals surface area contributed by atoms with Crippen molar-refractivity contribution in [1.82, 2.24) is 10.3 Å². The Morgan fingerprint density at radius 2 is 1.94 bits per heavy atom. The van der Waals surface area contributed by atoms with E-state index >= 15 is 0 Å². The third-order valence-electron chi connectivity index (χ3n) is 5.61. The maximum Gasteiger partial charge on any atom is 0.275 e. The van der Waals surface area contributed by atoms with Crippen LogP contribution in [0, 0.1) is 5.82 Å². The molecule has 0 radical (unpaired) electrons. The molecule has 2 aromatic carbocycles. The Hall–Kier alpha value is -3.39. The van der Waals surface area contributed by atoms with Crippen LogP contribution in [0.1, 0.15) is 42.2 Å². The lowest BCUT2D eigenvalue weighted by molar-refractivity contribution is -0.138. The van der Waals surface area contributed by atoms with Crippen molar-refractivity contribution in [1.29, 1.82) is 0 Å². The molecule has 2 heterocycles. The van der Waals surface area contributed by atoms with E-state index in [-0.39, 0.29) is 17.5 Å². The molecule has 3 aromatic rings. The molecule has 1 aromatic heterocycles. The topological polar surface area (TPSA) is 88.2 Å². The maximum absolute atomic E-state index is 14.0. The highest BCUT2D eigenvalue weighted by molar-refractivity contribution is 7.13. The number of aromatic nitrogens is 1. The van der Waals surface area contributed by atoms with E-state index < -0.39 is 17.1 Å². The van der Waals surface area contributed by atoms with Gasteiger partial charge in [-0.2, -0.15) is 0 Å². The van der Waals surface area contributed by atoms with Gasteiger partial charge in [0.2, 0.25) is 11.8 Å². The number of rotatable bonds is 5. The molecule has 0 saturated carbocycles. The van der Waals surface area contributed by atoms with Gasteiger partial charge in [0.05, 0.1) is 5.41 Å². The van der Waals surface area contributed by atoms with Crippen LogP contribution in [0.25, 0.3) is 10.6 Å². The number of anilines is 1. The van der Waals surface area contributed by atoms with E-state index in [4.69, 9.17) is 0 Å². The highest BCUT2D eigenvalue weighted by Crippen LogP contribution is 2.36. The van der Waals surface area contributed by atoms with Gasteiger partial charge in [0.25, 0.3) is 5.91 Å². The number of nitrogens with one attached hydrogen (secondary N) is 2. The van der Waals surface area contributed by atoms with Crippen molar-refractivity contribution in [3.63, 3.8) is 0 Å². The summed E-state index contributed by atoms with van der Waals surface area (Å²) in [5.74, 6) is -1.34. The van der Waals surface area contributed by atoms with Gasteiger partial charge in [0.15, 0.2) is 0 Å². The summed E-state index contributed by atoms with van der Waals surface area (Å²) in [4.78, 5) is 40.9. The molecule has 4 rings (SSSR count). The number of thiazole rings is 1. The van der Waals surface area contributed by atoms with E-state index in [1.165, 1.54) is 17.4 Å². The number of amides is 3. The molecule has 0 bridgehead atoms. The lowest BCUT2D eigenvalue weighted by atomic mass is 9.72. The number of benzene rings is 2. The second-order valence-electron chi connectivity index (χ2n) is 7.36. The number of hydrogen-bond donors (Lipinski definition) is 2. The molecule has 1 aliphatic rings. The summed E-state index contributed by atoms with van der Waals surface area (Å²) in [7, 11) is 0. The molecule has 31 heavy (non-hydrogen) atoms. The number of nitrogens with zero attached hydrogens (tertiary/aromatic N) is 1. The number of piperidine rings is 1. The zero-order chi connectivity index (χ0) is 22.0. The standard InChI is InChI=1S/C23H20FN3O3S/c1-2-23(12-11-19(28)27-22(23)30)14-7-9-15(10-8-14)25-20(29)18-13-31-21(26-18)16-5-3-4-6-17(16)24/h3-10,13H,2,11-12H2,1H3,(H,25,29)(H,27,28,30). The average molecular weight is 437 g/mol. The molecule has 158 valence electrons. The van der Waals surface area contributed by atoms with Gasteiger partial charge in [-0.1, -0.05) is 31.2 Å². The number of imide groups is 1. The predicted octanol–water partition coefficient (Wildman–Crippen LogP) is 4.29. The third kappa shape index (κ3) is 3.98. The van der Waals surface area contributed by atoms with Crippen LogP contribution in [0.4, 0.5) is 10.1 Å². The molecule has 3 amide bonds. The SMILES string of the molecule is CCC1(c2ccc(NC(=O)c3csc(-c4ccccc4F)n3)cc2)CCC(=O)NC1=O. The van der Waals surface area contributed by atoms with Crippen LogP contribution in [-0.2, 0) is 15.0 Å². The lowest BCUT2D eigenvalue weighted by Gasteiger charge is -2.35. The first-order valence-corrected chi connectivity index (χ1v) is 10.8. The summed E-state index contributed by atoms with van der Waals surface area (Å²) >= 11 is 1.20. The molecule has 8 heteroatoms. The van der Waals surface area contributed by atoms with Gasteiger partial charge in [0.1, 0.15) is 16.5 Å². The van der Waals surface area contributed by atoms with E-state index in [9.17, 15) is 18.8 Å². The number of carbonyl (C=O) groups excluding carboxylic acids is 3. The molecule has 1 atom stereocenters. The number of halogens is 1. The van der Waals surface area contributed by atoms with Gasteiger partial charge in [-0.15, -0.1) is 11.3 Å². The zero-order valence-corrected chi connectivity index (χ0v) is 17.6. The van der Waals surface area contributed by atoms with Crippen LogP contribution < -0.4 is 10.6 Å². The minimum atomic E-state index is -0.750. The molecule has 0 aliphatic carbocycles. The summed E-state index contributed by atoms with van der Waals surface area (Å²) < 4.78 is 14.0. The van der Waals surface area contributed by atoms with E-state index in [0.29, 0.717) is 35.5 Å². The van der Waals surface area contributed by atoms with Crippen LogP contribution in [-0.4, -0.2) is 22.7 Å². The molecule has 0 spiro atoms. The van der Waals surface area contributed by atoms with Crippen molar-refractivity contribution in [2.24, 2.45) is 0 Å². The van der Waals surface area contributed by atoms with Gasteiger partial charge < -0.3 is 5.32 Å². The molecular weight excluding hydrogens is 417 g/mol. The summed E-state index contributed by atoms with van der Waals surface area (Å²) in [5, 5.41) is 7.22. The number of hydrogen-bond acceptors (Lipinski definition) is 5. The Bertz CT molecular complexity index is 1160. The zero-order valence-electron chi connectivity index (χ0n) is 16.8. The smallest absolute Gasteiger partial charge is 0.275 e. The fourth-order valence-corrected chi connectivity index (χ4v) is 4.60. The van der Waals surface area contributed by atoms with Crippen molar-refractivity contribution >= 4 is 34.7 Å². The van der Waals surface area contributed by atoms with Crippen molar-refractivity contribution in [3.8, 4) is 10.6 Å². The third-order valence-corrected chi connectivity index (χ3v) is 6.48. The normalized spacial score (nSPS) is 18.5. The summed E-state index contributed by atoms with van der Waals surface area (Å²) in [6, 6.07) is 13.3. The van der Waals surface area contributed by atoms with Crippen molar-refractivity contribution in [2.75, 3.05) is 5.32 Å². The van der Waals surface area contributed by atoms with Gasteiger partial charge in [-0.05, 0) is 42.7 Å². The van der Waals surface area contributed by atoms with Gasteiger partial charge in [0, 0.05) is 23.1 Å². The van der Waals surface area contributed by atoms with Crippen LogP contribution in [0.15, 0.2) is 53.9 Å². The first-order valence-electron chi connectivity index (χ1n) is 9.89. The Morgan fingerprint density at radius 1 is 1.19 bits per heavy atom. The second kappa shape index (κ2) is 8.39. The van der Waals surface area contributed by atoms with Crippen LogP contribution in [0.2, 0.25) is 0 Å². The maximum atomic E-state index is 14.0. The molecule has 1 saturated heterocycles. The van der Waals surface area contributed by atoms with Gasteiger partial charge >= 0.3 is 0 Å². The van der Waals surface area contributed by atoms with Crippen molar-refractivity contribution in [2.45, 2.75) is 31.6 Å². The Morgan fingerprint density at radius 3 is 2.61 bits per heavy atom. The minimum Gasteiger partial charge on any atom is -0.321 e. The summed E-state index contributed by atoms with van der Waals surface area (Å²) in [6.07, 6.45) is 1.32. The predicted molar refractivity (Wildman–Crippen MR) is 116 cm³/mol. The molecule has 1 aliphatic heterocycles. The monoisotopic (exact) mass is 437 g/mol. The van der Waals surface area contributed by atoms with Crippen molar-refractivity contribution in [3.05, 3.63) is 71.0 Å². The highest BCUT2D eigenvalue weighted by atomic mass is 32.1. The van der Waals surface area contributed by atoms with Crippen LogP contribution in [0.5, 0.6) is 0 Å². The molecule has 1 fully saturated rings. The Labute approximate surface area is 182 Å². The summed E-state index contributed by atoms with van der Waals surface area (Å²) in [6.45, 7) is 1.92. The number of carbonyl (C=O) groups is 3. The van der Waals surface area contributed by atoms with Gasteiger partial charge in [-0.25, -0.2) is 9.37 Å². The fourth-order valence-electron chi connectivity index (χ4n) is 3.77. The Balaban J connectivity index is 1.50. The lowest BCUT2D eigenvalue weighted by Crippen LogP contribution is -2.51. The molecule has 2 N–H and O–H groups in total. The van der Waals surface area contributed by atoms with Gasteiger partial charge in [-0.3, -0.25) is 19.7 Å². The first-order chi connectivity index (χ1) is 14.9. The molecule has 6 nitrogen and oxygen atoms in total. The quantitative estimate of drug-likeness (QED) is 0.583. The molecule has 1 unspecified atom stereocenters. The fraction of sp³-hybridized carbons (Fsp3) is 0.217. The van der Waals surface area contributed by atoms with Crippen molar-refractivity contribution < 1.29 is 18.8 Å². The minimum absolute atomic E-state index is 0.197.